The monoisotopic (exact) mass is 231 g/mol. The fraction of sp³-hybridized carbons (Fsp3) is 0.875. The fourth-order valence-corrected chi connectivity index (χ4v) is 0.792. The Kier molecular flexibility index (Phi) is 6.23. The van der Waals surface area contributed by atoms with E-state index < -0.39 is 24.9 Å². The molecular weight excluding hydrogens is 218 g/mol. The van der Waals surface area contributed by atoms with Gasteiger partial charge in [-0.1, -0.05) is 0 Å². The predicted octanol–water partition coefficient (Wildman–Crippen LogP) is 1.43. The van der Waals surface area contributed by atoms with Crippen LogP contribution in [0.2, 0.25) is 0 Å². The summed E-state index contributed by atoms with van der Waals surface area (Å²) >= 11 is 0. The van der Waals surface area contributed by atoms with Gasteiger partial charge in [0.1, 0.15) is 0 Å². The van der Waals surface area contributed by atoms with Crippen LogP contribution in [-0.4, -0.2) is 38.5 Å². The van der Waals surface area contributed by atoms with E-state index >= 15 is 0 Å². The van der Waals surface area contributed by atoms with Crippen molar-refractivity contribution in [3.63, 3.8) is 0 Å². The molecule has 0 aromatic carbocycles. The normalized spacial score (nSPS) is 11.9. The van der Waals surface area contributed by atoms with E-state index in [9.17, 15) is 22.4 Å². The first-order valence-corrected chi connectivity index (χ1v) is 4.33. The number of rotatable bonds is 7. The van der Waals surface area contributed by atoms with Crippen molar-refractivity contribution >= 4 is 5.97 Å². The van der Waals surface area contributed by atoms with Crippen LogP contribution in [0.5, 0.6) is 0 Å². The molecule has 0 heterocycles. The molecule has 0 saturated heterocycles. The maximum atomic E-state index is 12.3. The van der Waals surface area contributed by atoms with Crippen molar-refractivity contribution in [1.82, 2.24) is 5.32 Å². The molecule has 90 valence electrons. The van der Waals surface area contributed by atoms with Crippen LogP contribution in [0, 0.1) is 0 Å². The number of carbonyl (C=O) groups excluding carboxylic acids is 1. The third-order valence-electron chi connectivity index (χ3n) is 1.64. The van der Waals surface area contributed by atoms with Gasteiger partial charge in [0.2, 0.25) is 0 Å². The molecule has 7 heteroatoms. The van der Waals surface area contributed by atoms with E-state index in [2.05, 4.69) is 10.1 Å². The van der Waals surface area contributed by atoms with Crippen molar-refractivity contribution in [3.05, 3.63) is 0 Å². The van der Waals surface area contributed by atoms with E-state index in [0.29, 0.717) is 0 Å². The molecule has 0 saturated carbocycles. The zero-order chi connectivity index (χ0) is 11.9. The summed E-state index contributed by atoms with van der Waals surface area (Å²) in [7, 11) is 1.21. The smallest absolute Gasteiger partial charge is 0.319 e. The van der Waals surface area contributed by atoms with Crippen molar-refractivity contribution in [3.8, 4) is 0 Å². The summed E-state index contributed by atoms with van der Waals surface area (Å²) in [6, 6.07) is 0. The predicted molar refractivity (Wildman–Crippen MR) is 45.1 cm³/mol. The molecule has 0 spiro atoms. The zero-order valence-electron chi connectivity index (χ0n) is 8.23. The number of nitrogens with one attached hydrogen (secondary N) is 1. The van der Waals surface area contributed by atoms with Crippen molar-refractivity contribution in [1.29, 1.82) is 0 Å². The lowest BCUT2D eigenvalue weighted by Crippen LogP contribution is -2.39. The second-order valence-corrected chi connectivity index (χ2v) is 2.92. The highest BCUT2D eigenvalue weighted by Gasteiger charge is 2.39. The van der Waals surface area contributed by atoms with Gasteiger partial charge in [-0.2, -0.15) is 8.78 Å². The minimum Gasteiger partial charge on any atom is -0.469 e. The summed E-state index contributed by atoms with van der Waals surface area (Å²) in [5.41, 5.74) is 0. The van der Waals surface area contributed by atoms with E-state index in [1.54, 1.807) is 0 Å². The Balaban J connectivity index is 3.50. The van der Waals surface area contributed by atoms with Gasteiger partial charge in [-0.15, -0.1) is 0 Å². The van der Waals surface area contributed by atoms with Crippen molar-refractivity contribution in [2.45, 2.75) is 25.2 Å². The number of ether oxygens (including phenoxy) is 1. The topological polar surface area (TPSA) is 38.3 Å². The van der Waals surface area contributed by atoms with Crippen LogP contribution in [0.25, 0.3) is 0 Å². The first kappa shape index (κ1) is 14.2. The highest BCUT2D eigenvalue weighted by molar-refractivity contribution is 5.68. The Hall–Kier alpha value is -0.850. The van der Waals surface area contributed by atoms with Crippen LogP contribution in [-0.2, 0) is 9.53 Å². The first-order valence-electron chi connectivity index (χ1n) is 4.33. The number of halogens is 4. The number of methoxy groups -OCH3 is 1. The number of hydrogen-bond acceptors (Lipinski definition) is 3. The molecule has 0 atom stereocenters. The highest BCUT2D eigenvalue weighted by Crippen LogP contribution is 2.21. The number of alkyl halides is 4. The molecule has 1 N–H and O–H groups in total. The summed E-state index contributed by atoms with van der Waals surface area (Å²) in [6.45, 7) is -1.02. The molecular formula is C8H13F4NO2. The average Bonchev–Trinajstić information content (AvgIpc) is 2.16. The summed E-state index contributed by atoms with van der Waals surface area (Å²) in [6.07, 6.45) is -3.33. The highest BCUT2D eigenvalue weighted by atomic mass is 19.3. The molecule has 0 aliphatic heterocycles. The second kappa shape index (κ2) is 6.60. The summed E-state index contributed by atoms with van der Waals surface area (Å²) < 4.78 is 52.2. The Labute approximate surface area is 84.8 Å². The van der Waals surface area contributed by atoms with Gasteiger partial charge in [-0.05, 0) is 13.0 Å². The van der Waals surface area contributed by atoms with Gasteiger partial charge in [0.15, 0.2) is 0 Å². The Morgan fingerprint density at radius 1 is 1.47 bits per heavy atom. The molecule has 0 rings (SSSR count). The van der Waals surface area contributed by atoms with Crippen LogP contribution >= 0.6 is 0 Å². The van der Waals surface area contributed by atoms with E-state index in [4.69, 9.17) is 0 Å². The molecule has 3 nitrogen and oxygen atoms in total. The summed E-state index contributed by atoms with van der Waals surface area (Å²) in [5.74, 6) is -4.48. The van der Waals surface area contributed by atoms with Crippen LogP contribution in [0.1, 0.15) is 12.8 Å². The van der Waals surface area contributed by atoms with E-state index in [1.807, 2.05) is 0 Å². The van der Waals surface area contributed by atoms with Gasteiger partial charge >= 0.3 is 18.3 Å². The van der Waals surface area contributed by atoms with Crippen molar-refractivity contribution in [2.75, 3.05) is 20.2 Å². The van der Waals surface area contributed by atoms with Crippen LogP contribution in [0.3, 0.4) is 0 Å². The summed E-state index contributed by atoms with van der Waals surface area (Å²) in [5, 5.41) is 2.15. The third-order valence-corrected chi connectivity index (χ3v) is 1.64. The second-order valence-electron chi connectivity index (χ2n) is 2.92. The largest absolute Gasteiger partial charge is 0.469 e. The van der Waals surface area contributed by atoms with Crippen LogP contribution in [0.4, 0.5) is 17.6 Å². The third kappa shape index (κ3) is 6.27. The molecule has 0 radical (unpaired) electrons. The number of carbonyl (C=O) groups is 1. The minimum atomic E-state index is -4.02. The molecule has 15 heavy (non-hydrogen) atoms. The van der Waals surface area contributed by atoms with E-state index in [1.165, 1.54) is 7.11 Å². The van der Waals surface area contributed by atoms with E-state index in [-0.39, 0.29) is 19.4 Å². The molecule has 0 aromatic rings. The molecule has 0 aromatic heterocycles. The lowest BCUT2D eigenvalue weighted by atomic mass is 10.3. The Bertz CT molecular complexity index is 199. The molecule has 0 bridgehead atoms. The van der Waals surface area contributed by atoms with E-state index in [0.717, 1.165) is 0 Å². The average molecular weight is 231 g/mol. The number of hydrogen-bond donors (Lipinski definition) is 1. The zero-order valence-corrected chi connectivity index (χ0v) is 8.23. The molecule has 0 fully saturated rings. The maximum absolute atomic E-state index is 12.3. The lowest BCUT2D eigenvalue weighted by Gasteiger charge is -2.15. The summed E-state index contributed by atoms with van der Waals surface area (Å²) in [4.78, 5) is 10.6. The van der Waals surface area contributed by atoms with Crippen LogP contribution < -0.4 is 5.32 Å². The SMILES string of the molecule is COC(=O)CCCNCC(F)(F)C(F)F. The van der Waals surface area contributed by atoms with Gasteiger partial charge in [0.25, 0.3) is 0 Å². The van der Waals surface area contributed by atoms with Crippen molar-refractivity contribution in [2.24, 2.45) is 0 Å². The first-order chi connectivity index (χ1) is 6.90. The Morgan fingerprint density at radius 3 is 2.53 bits per heavy atom. The van der Waals surface area contributed by atoms with Gasteiger partial charge in [-0.25, -0.2) is 8.78 Å². The molecule has 0 amide bonds. The van der Waals surface area contributed by atoms with Gasteiger partial charge in [0.05, 0.1) is 13.7 Å². The van der Waals surface area contributed by atoms with Gasteiger partial charge in [-0.3, -0.25) is 4.79 Å². The number of esters is 1. The maximum Gasteiger partial charge on any atom is 0.319 e. The standard InChI is InChI=1S/C8H13F4NO2/c1-15-6(14)3-2-4-13-5-8(11,12)7(9)10/h7,13H,2-5H2,1H3. The van der Waals surface area contributed by atoms with Gasteiger partial charge in [0, 0.05) is 6.42 Å². The quantitative estimate of drug-likeness (QED) is 0.409. The van der Waals surface area contributed by atoms with Crippen molar-refractivity contribution < 1.29 is 27.1 Å². The molecule has 0 unspecified atom stereocenters. The Morgan fingerprint density at radius 2 is 2.07 bits per heavy atom. The van der Waals surface area contributed by atoms with Gasteiger partial charge < -0.3 is 10.1 Å². The fourth-order valence-electron chi connectivity index (χ4n) is 0.792. The lowest BCUT2D eigenvalue weighted by molar-refractivity contribution is -0.140. The van der Waals surface area contributed by atoms with Crippen LogP contribution in [0.15, 0.2) is 0 Å². The minimum absolute atomic E-state index is 0.0669. The molecule has 0 aliphatic rings. The molecule has 0 aliphatic carbocycles.